The van der Waals surface area contributed by atoms with Crippen LogP contribution < -0.4 is 5.32 Å². The van der Waals surface area contributed by atoms with E-state index >= 15 is 0 Å². The van der Waals surface area contributed by atoms with Crippen LogP contribution >= 0.6 is 0 Å². The standard InChI is InChI=1S/C18H35NO/c1-6-18(9-7-8-10-18)13-19-15-11-16(17(15,4)5)20-12-14(2)3/h14-16,19H,6-13H2,1-5H3. The largest absolute Gasteiger partial charge is 0.377 e. The molecule has 0 aromatic carbocycles. The minimum atomic E-state index is 0.294. The molecule has 2 nitrogen and oxygen atoms in total. The van der Waals surface area contributed by atoms with Crippen LogP contribution in [0.15, 0.2) is 0 Å². The Morgan fingerprint density at radius 1 is 1.20 bits per heavy atom. The van der Waals surface area contributed by atoms with Crippen LogP contribution in [0, 0.1) is 16.7 Å². The van der Waals surface area contributed by atoms with Gasteiger partial charge in [0, 0.05) is 24.6 Å². The zero-order chi connectivity index (χ0) is 14.8. The van der Waals surface area contributed by atoms with Gasteiger partial charge in [-0.1, -0.05) is 47.5 Å². The summed E-state index contributed by atoms with van der Waals surface area (Å²) in [5.74, 6) is 0.639. The predicted molar refractivity (Wildman–Crippen MR) is 86.0 cm³/mol. The summed E-state index contributed by atoms with van der Waals surface area (Å²) in [5, 5.41) is 3.88. The fraction of sp³-hybridized carbons (Fsp3) is 1.00. The second-order valence-corrected chi connectivity index (χ2v) is 8.27. The highest BCUT2D eigenvalue weighted by atomic mass is 16.5. The van der Waals surface area contributed by atoms with Crippen molar-refractivity contribution in [1.82, 2.24) is 5.32 Å². The molecule has 0 amide bonds. The van der Waals surface area contributed by atoms with Gasteiger partial charge in [-0.05, 0) is 37.0 Å². The molecule has 0 radical (unpaired) electrons. The third-order valence-electron chi connectivity index (χ3n) is 5.95. The summed E-state index contributed by atoms with van der Waals surface area (Å²) in [6.45, 7) is 13.7. The number of ether oxygens (including phenoxy) is 1. The molecule has 2 aliphatic rings. The Morgan fingerprint density at radius 3 is 2.35 bits per heavy atom. The maximum absolute atomic E-state index is 6.07. The van der Waals surface area contributed by atoms with Crippen molar-refractivity contribution in [2.75, 3.05) is 13.2 Å². The monoisotopic (exact) mass is 281 g/mol. The van der Waals surface area contributed by atoms with Gasteiger partial charge in [-0.15, -0.1) is 0 Å². The van der Waals surface area contributed by atoms with Gasteiger partial charge in [-0.25, -0.2) is 0 Å². The van der Waals surface area contributed by atoms with E-state index in [1.807, 2.05) is 0 Å². The van der Waals surface area contributed by atoms with Gasteiger partial charge in [0.2, 0.25) is 0 Å². The molecular weight excluding hydrogens is 246 g/mol. The van der Waals surface area contributed by atoms with Gasteiger partial charge in [0.25, 0.3) is 0 Å². The van der Waals surface area contributed by atoms with Gasteiger partial charge in [-0.3, -0.25) is 0 Å². The van der Waals surface area contributed by atoms with Crippen molar-refractivity contribution in [3.63, 3.8) is 0 Å². The normalized spacial score (nSPS) is 31.5. The molecule has 0 spiro atoms. The molecule has 2 rings (SSSR count). The topological polar surface area (TPSA) is 21.3 Å². The van der Waals surface area contributed by atoms with Crippen LogP contribution in [0.25, 0.3) is 0 Å². The van der Waals surface area contributed by atoms with Gasteiger partial charge in [0.15, 0.2) is 0 Å². The van der Waals surface area contributed by atoms with E-state index in [4.69, 9.17) is 4.74 Å². The Labute approximate surface area is 126 Å². The molecule has 2 saturated carbocycles. The van der Waals surface area contributed by atoms with E-state index in [9.17, 15) is 0 Å². The average molecular weight is 281 g/mol. The van der Waals surface area contributed by atoms with Crippen molar-refractivity contribution in [2.24, 2.45) is 16.7 Å². The maximum Gasteiger partial charge on any atom is 0.0656 e. The summed E-state index contributed by atoms with van der Waals surface area (Å²) in [4.78, 5) is 0. The summed E-state index contributed by atoms with van der Waals surface area (Å²) in [6, 6.07) is 0.642. The molecule has 2 heteroatoms. The lowest BCUT2D eigenvalue weighted by atomic mass is 9.64. The Morgan fingerprint density at radius 2 is 1.85 bits per heavy atom. The van der Waals surface area contributed by atoms with Crippen LogP contribution in [0.2, 0.25) is 0 Å². The Kier molecular flexibility index (Phi) is 5.18. The van der Waals surface area contributed by atoms with Crippen LogP contribution in [0.5, 0.6) is 0 Å². The highest BCUT2D eigenvalue weighted by Gasteiger charge is 2.49. The van der Waals surface area contributed by atoms with Gasteiger partial charge >= 0.3 is 0 Å². The lowest BCUT2D eigenvalue weighted by Crippen LogP contribution is -2.62. The quantitative estimate of drug-likeness (QED) is 0.747. The van der Waals surface area contributed by atoms with E-state index in [1.54, 1.807) is 0 Å². The van der Waals surface area contributed by atoms with E-state index in [1.165, 1.54) is 45.1 Å². The van der Waals surface area contributed by atoms with Crippen LogP contribution in [-0.4, -0.2) is 25.3 Å². The molecule has 2 unspecified atom stereocenters. The molecule has 0 aromatic rings. The van der Waals surface area contributed by atoms with Crippen LogP contribution in [-0.2, 0) is 4.74 Å². The molecule has 20 heavy (non-hydrogen) atoms. The zero-order valence-electron chi connectivity index (χ0n) is 14.3. The summed E-state index contributed by atoms with van der Waals surface area (Å²) >= 11 is 0. The molecular formula is C18H35NO. The Balaban J connectivity index is 1.78. The fourth-order valence-electron chi connectivity index (χ4n) is 3.94. The van der Waals surface area contributed by atoms with Crippen molar-refractivity contribution in [3.8, 4) is 0 Å². The van der Waals surface area contributed by atoms with Crippen molar-refractivity contribution < 1.29 is 4.74 Å². The molecule has 2 atom stereocenters. The van der Waals surface area contributed by atoms with Crippen molar-refractivity contribution in [2.45, 2.75) is 85.3 Å². The lowest BCUT2D eigenvalue weighted by molar-refractivity contribution is -0.125. The average Bonchev–Trinajstić information content (AvgIpc) is 2.86. The molecule has 0 heterocycles. The van der Waals surface area contributed by atoms with E-state index in [-0.39, 0.29) is 0 Å². The second kappa shape index (κ2) is 6.36. The summed E-state index contributed by atoms with van der Waals surface area (Å²) in [6.07, 6.45) is 8.70. The third kappa shape index (κ3) is 3.39. The number of hydrogen-bond acceptors (Lipinski definition) is 2. The van der Waals surface area contributed by atoms with E-state index < -0.39 is 0 Å². The van der Waals surface area contributed by atoms with E-state index in [0.29, 0.717) is 28.9 Å². The fourth-order valence-corrected chi connectivity index (χ4v) is 3.94. The first-order valence-electron chi connectivity index (χ1n) is 8.74. The molecule has 0 aromatic heterocycles. The highest BCUT2D eigenvalue weighted by molar-refractivity contribution is 5.03. The maximum atomic E-state index is 6.07. The number of rotatable bonds is 7. The highest BCUT2D eigenvalue weighted by Crippen LogP contribution is 2.45. The predicted octanol–water partition coefficient (Wildman–Crippen LogP) is 4.39. The first kappa shape index (κ1) is 16.3. The minimum Gasteiger partial charge on any atom is -0.377 e. The van der Waals surface area contributed by atoms with Gasteiger partial charge in [0.05, 0.1) is 6.10 Å². The molecule has 0 saturated heterocycles. The van der Waals surface area contributed by atoms with Crippen molar-refractivity contribution >= 4 is 0 Å². The first-order valence-corrected chi connectivity index (χ1v) is 8.74. The van der Waals surface area contributed by atoms with Gasteiger partial charge in [0.1, 0.15) is 0 Å². The van der Waals surface area contributed by atoms with Crippen LogP contribution in [0.4, 0.5) is 0 Å². The number of hydrogen-bond donors (Lipinski definition) is 1. The summed E-state index contributed by atoms with van der Waals surface area (Å²) < 4.78 is 6.07. The SMILES string of the molecule is CCC1(CNC2CC(OCC(C)C)C2(C)C)CCCC1. The van der Waals surface area contributed by atoms with Gasteiger partial charge < -0.3 is 10.1 Å². The van der Waals surface area contributed by atoms with Crippen LogP contribution in [0.3, 0.4) is 0 Å². The summed E-state index contributed by atoms with van der Waals surface area (Å²) in [5.41, 5.74) is 0.891. The summed E-state index contributed by atoms with van der Waals surface area (Å²) in [7, 11) is 0. The Bertz CT molecular complexity index is 305. The zero-order valence-corrected chi connectivity index (χ0v) is 14.3. The molecule has 118 valence electrons. The Hall–Kier alpha value is -0.0800. The molecule has 0 bridgehead atoms. The van der Waals surface area contributed by atoms with E-state index in [0.717, 1.165) is 6.61 Å². The lowest BCUT2D eigenvalue weighted by Gasteiger charge is -2.53. The van der Waals surface area contributed by atoms with Crippen LogP contribution in [0.1, 0.15) is 73.1 Å². The van der Waals surface area contributed by atoms with Crippen molar-refractivity contribution in [3.05, 3.63) is 0 Å². The minimum absolute atomic E-state index is 0.294. The van der Waals surface area contributed by atoms with Crippen molar-refractivity contribution in [1.29, 1.82) is 0 Å². The second-order valence-electron chi connectivity index (χ2n) is 8.27. The number of nitrogens with one attached hydrogen (secondary N) is 1. The molecule has 1 N–H and O–H groups in total. The first-order chi connectivity index (χ1) is 9.39. The molecule has 2 fully saturated rings. The van der Waals surface area contributed by atoms with E-state index in [2.05, 4.69) is 39.9 Å². The molecule has 2 aliphatic carbocycles. The molecule has 0 aliphatic heterocycles. The van der Waals surface area contributed by atoms with Gasteiger partial charge in [-0.2, -0.15) is 0 Å². The third-order valence-corrected chi connectivity index (χ3v) is 5.95. The smallest absolute Gasteiger partial charge is 0.0656 e.